The average Bonchev–Trinajstić information content (AvgIpc) is 2.13. The molecule has 1 atom stereocenters. The molecule has 0 aliphatic heterocycles. The summed E-state index contributed by atoms with van der Waals surface area (Å²) in [5.74, 6) is 0. The average molecular weight is 161 g/mol. The minimum Gasteiger partial charge on any atom is -0.353 e. The van der Waals surface area contributed by atoms with E-state index >= 15 is 0 Å². The molecule has 0 fully saturated rings. The van der Waals surface area contributed by atoms with Crippen LogP contribution in [0, 0.1) is 0 Å². The maximum Gasteiger partial charge on any atom is 0.0421 e. The van der Waals surface area contributed by atoms with E-state index in [0.717, 1.165) is 0 Å². The van der Waals surface area contributed by atoms with Gasteiger partial charge in [0, 0.05) is 25.0 Å². The summed E-state index contributed by atoms with van der Waals surface area (Å²) in [6, 6.07) is 4.17. The quantitative estimate of drug-likeness (QED) is 0.663. The van der Waals surface area contributed by atoms with Crippen LogP contribution in [0.1, 0.15) is 18.7 Å². The predicted molar refractivity (Wildman–Crippen MR) is 45.3 cm³/mol. The summed E-state index contributed by atoms with van der Waals surface area (Å²) in [5, 5.41) is 0. The Kier molecular flexibility index (Phi) is 3.47. The van der Waals surface area contributed by atoms with Crippen LogP contribution in [0.5, 0.6) is 0 Å². The van der Waals surface area contributed by atoms with E-state index in [2.05, 4.69) is 0 Å². The van der Waals surface area contributed by atoms with Crippen LogP contribution in [-0.4, -0.2) is 4.57 Å². The first kappa shape index (κ1) is 9.53. The minimum absolute atomic E-state index is 0. The van der Waals surface area contributed by atoms with Gasteiger partial charge in [-0.3, -0.25) is 0 Å². The van der Waals surface area contributed by atoms with Crippen LogP contribution in [0.25, 0.3) is 0 Å². The van der Waals surface area contributed by atoms with Gasteiger partial charge in [0.1, 0.15) is 0 Å². The van der Waals surface area contributed by atoms with Crippen molar-refractivity contribution in [2.75, 3.05) is 0 Å². The smallest absolute Gasteiger partial charge is 0.0421 e. The summed E-state index contributed by atoms with van der Waals surface area (Å²) < 4.78 is 2.03. The summed E-state index contributed by atoms with van der Waals surface area (Å²) in [6.45, 7) is 1.98. The first-order valence-corrected chi connectivity index (χ1v) is 3.08. The first-order chi connectivity index (χ1) is 4.22. The van der Waals surface area contributed by atoms with E-state index in [9.17, 15) is 0 Å². The van der Waals surface area contributed by atoms with Crippen molar-refractivity contribution in [1.82, 2.24) is 4.57 Å². The molecular formula is C7H13ClN2. The molecule has 0 saturated heterocycles. The second-order valence-corrected chi connectivity index (χ2v) is 2.33. The van der Waals surface area contributed by atoms with Gasteiger partial charge in [-0.05, 0) is 19.1 Å². The summed E-state index contributed by atoms with van der Waals surface area (Å²) >= 11 is 0. The van der Waals surface area contributed by atoms with Crippen molar-refractivity contribution in [1.29, 1.82) is 0 Å². The van der Waals surface area contributed by atoms with Crippen LogP contribution in [-0.2, 0) is 7.05 Å². The maximum absolute atomic E-state index is 5.64. The van der Waals surface area contributed by atoms with Crippen molar-refractivity contribution < 1.29 is 0 Å². The van der Waals surface area contributed by atoms with E-state index in [1.807, 2.05) is 36.9 Å². The van der Waals surface area contributed by atoms with Crippen molar-refractivity contribution in [3.8, 4) is 0 Å². The summed E-state index contributed by atoms with van der Waals surface area (Å²) in [4.78, 5) is 0. The summed E-state index contributed by atoms with van der Waals surface area (Å²) in [5.41, 5.74) is 6.81. The zero-order valence-electron chi connectivity index (χ0n) is 6.24. The van der Waals surface area contributed by atoms with E-state index in [4.69, 9.17) is 5.73 Å². The Hall–Kier alpha value is -0.470. The van der Waals surface area contributed by atoms with Gasteiger partial charge in [-0.25, -0.2) is 0 Å². The maximum atomic E-state index is 5.64. The molecule has 0 spiro atoms. The van der Waals surface area contributed by atoms with E-state index in [1.54, 1.807) is 0 Å². The third-order valence-corrected chi connectivity index (χ3v) is 1.45. The number of hydrogen-bond donors (Lipinski definition) is 1. The largest absolute Gasteiger partial charge is 0.353 e. The highest BCUT2D eigenvalue weighted by Crippen LogP contribution is 2.07. The molecule has 1 heterocycles. The van der Waals surface area contributed by atoms with Crippen LogP contribution >= 0.6 is 12.4 Å². The Morgan fingerprint density at radius 3 is 2.40 bits per heavy atom. The fraction of sp³-hybridized carbons (Fsp3) is 0.429. The minimum atomic E-state index is 0. The molecule has 0 aliphatic carbocycles. The standard InChI is InChI=1S/C7H12N2.ClH/c1-6(8)7-4-3-5-9(7)2;/h3-6H,8H2,1-2H3;1H/t6-;/m1./s1. The van der Waals surface area contributed by atoms with Crippen LogP contribution < -0.4 is 5.73 Å². The van der Waals surface area contributed by atoms with Crippen LogP contribution in [0.3, 0.4) is 0 Å². The van der Waals surface area contributed by atoms with Gasteiger partial charge >= 0.3 is 0 Å². The molecule has 0 radical (unpaired) electrons. The van der Waals surface area contributed by atoms with E-state index in [1.165, 1.54) is 5.69 Å². The van der Waals surface area contributed by atoms with Gasteiger partial charge in [-0.1, -0.05) is 0 Å². The lowest BCUT2D eigenvalue weighted by atomic mass is 10.2. The number of hydrogen-bond acceptors (Lipinski definition) is 1. The number of nitrogens with zero attached hydrogens (tertiary/aromatic N) is 1. The molecule has 0 bridgehead atoms. The van der Waals surface area contributed by atoms with Gasteiger partial charge in [0.2, 0.25) is 0 Å². The fourth-order valence-electron chi connectivity index (χ4n) is 0.947. The Balaban J connectivity index is 0.000000810. The molecule has 1 aromatic heterocycles. The molecule has 0 unspecified atom stereocenters. The number of nitrogens with two attached hydrogens (primary N) is 1. The van der Waals surface area contributed by atoms with Crippen LogP contribution in [0.15, 0.2) is 18.3 Å². The van der Waals surface area contributed by atoms with Crippen molar-refractivity contribution in [3.63, 3.8) is 0 Å². The van der Waals surface area contributed by atoms with E-state index in [-0.39, 0.29) is 18.4 Å². The lowest BCUT2D eigenvalue weighted by Gasteiger charge is -2.05. The van der Waals surface area contributed by atoms with Gasteiger partial charge in [0.25, 0.3) is 0 Å². The summed E-state index contributed by atoms with van der Waals surface area (Å²) in [6.07, 6.45) is 2.00. The van der Waals surface area contributed by atoms with E-state index < -0.39 is 0 Å². The molecular weight excluding hydrogens is 148 g/mol. The third kappa shape index (κ3) is 1.75. The first-order valence-electron chi connectivity index (χ1n) is 3.08. The fourth-order valence-corrected chi connectivity index (χ4v) is 0.947. The van der Waals surface area contributed by atoms with Gasteiger partial charge < -0.3 is 10.3 Å². The molecule has 3 heteroatoms. The number of halogens is 1. The Bertz CT molecular complexity index is 193. The predicted octanol–water partition coefficient (Wildman–Crippen LogP) is 1.47. The van der Waals surface area contributed by atoms with Crippen molar-refractivity contribution in [3.05, 3.63) is 24.0 Å². The topological polar surface area (TPSA) is 30.9 Å². The van der Waals surface area contributed by atoms with E-state index in [0.29, 0.717) is 0 Å². The lowest BCUT2D eigenvalue weighted by Crippen LogP contribution is -2.08. The molecule has 10 heavy (non-hydrogen) atoms. The second kappa shape index (κ2) is 3.64. The third-order valence-electron chi connectivity index (χ3n) is 1.45. The van der Waals surface area contributed by atoms with Crippen LogP contribution in [0.2, 0.25) is 0 Å². The van der Waals surface area contributed by atoms with Gasteiger partial charge in [0.15, 0.2) is 0 Å². The van der Waals surface area contributed by atoms with Gasteiger partial charge in [-0.2, -0.15) is 0 Å². The molecule has 0 aliphatic rings. The monoisotopic (exact) mass is 160 g/mol. The summed E-state index contributed by atoms with van der Waals surface area (Å²) in [7, 11) is 2.00. The normalized spacial score (nSPS) is 12.3. The highest BCUT2D eigenvalue weighted by Gasteiger charge is 1.99. The molecule has 1 rings (SSSR count). The molecule has 2 nitrogen and oxygen atoms in total. The Morgan fingerprint density at radius 2 is 2.20 bits per heavy atom. The van der Waals surface area contributed by atoms with Crippen LogP contribution in [0.4, 0.5) is 0 Å². The SMILES string of the molecule is C[C@@H](N)c1cccn1C.Cl. The molecule has 0 aromatic carbocycles. The molecule has 0 amide bonds. The zero-order valence-corrected chi connectivity index (χ0v) is 7.06. The zero-order chi connectivity index (χ0) is 6.85. The molecule has 1 aromatic rings. The van der Waals surface area contributed by atoms with Crippen molar-refractivity contribution in [2.24, 2.45) is 12.8 Å². The van der Waals surface area contributed by atoms with Crippen molar-refractivity contribution >= 4 is 12.4 Å². The highest BCUT2D eigenvalue weighted by molar-refractivity contribution is 5.85. The molecule has 58 valence electrons. The lowest BCUT2D eigenvalue weighted by molar-refractivity contribution is 0.715. The Morgan fingerprint density at radius 1 is 1.60 bits per heavy atom. The van der Waals surface area contributed by atoms with Gasteiger partial charge in [0.05, 0.1) is 0 Å². The molecule has 0 saturated carbocycles. The second-order valence-electron chi connectivity index (χ2n) is 2.33. The number of rotatable bonds is 1. The van der Waals surface area contributed by atoms with Crippen molar-refractivity contribution in [2.45, 2.75) is 13.0 Å². The number of aryl methyl sites for hydroxylation is 1. The Labute approximate surface area is 67.4 Å². The van der Waals surface area contributed by atoms with Gasteiger partial charge in [-0.15, -0.1) is 12.4 Å². The number of aromatic nitrogens is 1. The highest BCUT2D eigenvalue weighted by atomic mass is 35.5. The molecule has 2 N–H and O–H groups in total.